The van der Waals surface area contributed by atoms with E-state index in [0.29, 0.717) is 21.5 Å². The van der Waals surface area contributed by atoms with Crippen molar-refractivity contribution in [1.29, 1.82) is 0 Å². The van der Waals surface area contributed by atoms with Gasteiger partial charge < -0.3 is 0 Å². The number of nitro groups is 1. The number of aryl methyl sites for hydroxylation is 1. The highest BCUT2D eigenvalue weighted by molar-refractivity contribution is 7.94. The minimum Gasteiger partial charge on any atom is -0.278 e. The fourth-order valence-electron chi connectivity index (χ4n) is 2.01. The molecule has 0 spiro atoms. The van der Waals surface area contributed by atoms with Gasteiger partial charge in [0.15, 0.2) is 0 Å². The Labute approximate surface area is 129 Å². The number of sulfonamides is 1. The number of rotatable bonds is 4. The normalized spacial score (nSPS) is 11.7. The highest BCUT2D eigenvalue weighted by atomic mass is 32.2. The van der Waals surface area contributed by atoms with E-state index in [1.165, 1.54) is 13.1 Å². The van der Waals surface area contributed by atoms with Crippen LogP contribution >= 0.6 is 11.3 Å². The van der Waals surface area contributed by atoms with E-state index in [2.05, 4.69) is 14.9 Å². The molecule has 3 rings (SSSR count). The molecular formula is C12H10N4O4S2. The molecule has 0 aliphatic rings. The Morgan fingerprint density at radius 3 is 2.86 bits per heavy atom. The predicted molar refractivity (Wildman–Crippen MR) is 82.6 cm³/mol. The zero-order chi connectivity index (χ0) is 15.9. The van der Waals surface area contributed by atoms with Crippen molar-refractivity contribution in [3.05, 3.63) is 45.5 Å². The quantitative estimate of drug-likeness (QED) is 0.560. The van der Waals surface area contributed by atoms with Crippen LogP contribution < -0.4 is 4.72 Å². The van der Waals surface area contributed by atoms with Crippen molar-refractivity contribution in [2.24, 2.45) is 0 Å². The molecule has 0 bridgehead atoms. The Morgan fingerprint density at radius 1 is 1.41 bits per heavy atom. The molecular weight excluding hydrogens is 328 g/mol. The Balaban J connectivity index is 2.02. The van der Waals surface area contributed by atoms with Crippen molar-refractivity contribution >= 4 is 43.6 Å². The van der Waals surface area contributed by atoms with Gasteiger partial charge in [0.2, 0.25) is 0 Å². The van der Waals surface area contributed by atoms with Gasteiger partial charge in [0, 0.05) is 11.5 Å². The number of benzene rings is 1. The van der Waals surface area contributed by atoms with Gasteiger partial charge in [0.25, 0.3) is 15.7 Å². The Kier molecular flexibility index (Phi) is 3.34. The molecule has 1 aromatic carbocycles. The average Bonchev–Trinajstić information content (AvgIpc) is 3.05. The van der Waals surface area contributed by atoms with Crippen molar-refractivity contribution < 1.29 is 13.3 Å². The maximum Gasteiger partial charge on any atom is 0.284 e. The molecule has 114 valence electrons. The minimum absolute atomic E-state index is 0.0998. The molecule has 3 aromatic rings. The lowest BCUT2D eigenvalue weighted by atomic mass is 10.2. The molecule has 0 unspecified atom stereocenters. The van der Waals surface area contributed by atoms with E-state index >= 15 is 0 Å². The molecule has 2 N–H and O–H groups in total. The minimum atomic E-state index is -3.90. The van der Waals surface area contributed by atoms with Gasteiger partial charge in [-0.2, -0.15) is 5.10 Å². The lowest BCUT2D eigenvalue weighted by Gasteiger charge is -2.06. The largest absolute Gasteiger partial charge is 0.284 e. The number of thiophene rings is 1. The first-order chi connectivity index (χ1) is 10.4. The third-order valence-corrected chi connectivity index (χ3v) is 5.94. The average molecular weight is 338 g/mol. The molecule has 0 fully saturated rings. The number of anilines is 1. The van der Waals surface area contributed by atoms with Gasteiger partial charge in [0.1, 0.15) is 4.21 Å². The number of H-pyrrole nitrogens is 1. The molecule has 2 heterocycles. The summed E-state index contributed by atoms with van der Waals surface area (Å²) >= 11 is 0.861. The van der Waals surface area contributed by atoms with Gasteiger partial charge in [-0.15, -0.1) is 11.3 Å². The third-order valence-electron chi connectivity index (χ3n) is 3.06. The molecule has 0 aliphatic heterocycles. The summed E-state index contributed by atoms with van der Waals surface area (Å²) in [6.45, 7) is 1.51. The number of hydrogen-bond acceptors (Lipinski definition) is 6. The second-order valence-corrected chi connectivity index (χ2v) is 7.67. The number of nitrogens with zero attached hydrogens (tertiary/aromatic N) is 2. The summed E-state index contributed by atoms with van der Waals surface area (Å²) < 4.78 is 27.1. The van der Waals surface area contributed by atoms with Crippen LogP contribution in [0.4, 0.5) is 11.4 Å². The smallest absolute Gasteiger partial charge is 0.278 e. The Bertz CT molecular complexity index is 974. The first kappa shape index (κ1) is 14.5. The van der Waals surface area contributed by atoms with Crippen LogP contribution in [0.5, 0.6) is 0 Å². The van der Waals surface area contributed by atoms with Gasteiger partial charge in [-0.3, -0.25) is 19.9 Å². The molecule has 22 heavy (non-hydrogen) atoms. The second-order valence-electron chi connectivity index (χ2n) is 4.51. The Hall–Kier alpha value is -2.46. The fraction of sp³-hybridized carbons (Fsp3) is 0.0833. The lowest BCUT2D eigenvalue weighted by molar-refractivity contribution is -0.385. The first-order valence-electron chi connectivity index (χ1n) is 6.08. The monoisotopic (exact) mass is 338 g/mol. The number of aromatic nitrogens is 2. The number of fused-ring (bicyclic) bond motifs is 1. The van der Waals surface area contributed by atoms with Crippen molar-refractivity contribution in [2.75, 3.05) is 4.72 Å². The number of aromatic amines is 1. The van der Waals surface area contributed by atoms with E-state index < -0.39 is 14.9 Å². The molecule has 0 aliphatic carbocycles. The summed E-state index contributed by atoms with van der Waals surface area (Å²) in [4.78, 5) is 10.6. The molecule has 0 atom stereocenters. The summed E-state index contributed by atoms with van der Waals surface area (Å²) in [5, 5.41) is 18.1. The van der Waals surface area contributed by atoms with Gasteiger partial charge in [-0.1, -0.05) is 6.07 Å². The van der Waals surface area contributed by atoms with Crippen LogP contribution in [0.2, 0.25) is 0 Å². The van der Waals surface area contributed by atoms with E-state index in [4.69, 9.17) is 0 Å². The summed E-state index contributed by atoms with van der Waals surface area (Å²) in [6, 6.07) is 6.11. The van der Waals surface area contributed by atoms with E-state index in [1.807, 2.05) is 0 Å². The van der Waals surface area contributed by atoms with Crippen LogP contribution in [0.3, 0.4) is 0 Å². The molecule has 0 amide bonds. The third kappa shape index (κ3) is 2.42. The summed E-state index contributed by atoms with van der Waals surface area (Å²) in [7, 11) is -3.90. The van der Waals surface area contributed by atoms with Gasteiger partial charge in [-0.25, -0.2) is 8.42 Å². The second kappa shape index (κ2) is 5.07. The zero-order valence-electron chi connectivity index (χ0n) is 11.2. The van der Waals surface area contributed by atoms with Crippen LogP contribution in [-0.2, 0) is 10.0 Å². The molecule has 0 radical (unpaired) electrons. The zero-order valence-corrected chi connectivity index (χ0v) is 12.9. The predicted octanol–water partition coefficient (Wildman–Crippen LogP) is 2.64. The number of nitrogens with one attached hydrogen (secondary N) is 2. The maximum absolute atomic E-state index is 12.4. The van der Waals surface area contributed by atoms with Crippen LogP contribution in [-0.4, -0.2) is 23.5 Å². The first-order valence-corrected chi connectivity index (χ1v) is 8.38. The lowest BCUT2D eigenvalue weighted by Crippen LogP contribution is -2.11. The van der Waals surface area contributed by atoms with E-state index in [9.17, 15) is 18.5 Å². The molecule has 10 heteroatoms. The fourth-order valence-corrected chi connectivity index (χ4v) is 4.50. The molecule has 2 aromatic heterocycles. The Morgan fingerprint density at radius 2 is 2.18 bits per heavy atom. The van der Waals surface area contributed by atoms with Gasteiger partial charge in [0.05, 0.1) is 27.2 Å². The summed E-state index contributed by atoms with van der Waals surface area (Å²) in [5.41, 5.74) is 0.848. The number of hydrogen-bond donors (Lipinski definition) is 2. The standard InChI is InChI=1S/C12H10N4O4S2/c1-7-11(16(17)18)5-12(21-7)22(19,20)15-10-4-2-3-9-8(10)6-13-14-9/h2-6,15H,1H3,(H,13,14). The topological polar surface area (TPSA) is 118 Å². The van der Waals surface area contributed by atoms with Crippen molar-refractivity contribution in [1.82, 2.24) is 10.2 Å². The van der Waals surface area contributed by atoms with Crippen LogP contribution in [0.25, 0.3) is 10.9 Å². The van der Waals surface area contributed by atoms with Crippen LogP contribution in [0.1, 0.15) is 4.88 Å². The van der Waals surface area contributed by atoms with E-state index in [0.717, 1.165) is 17.4 Å². The van der Waals surface area contributed by atoms with Crippen molar-refractivity contribution in [2.45, 2.75) is 11.1 Å². The SMILES string of the molecule is Cc1sc(S(=O)(=O)Nc2cccc3[nH]ncc23)cc1[N+](=O)[O-]. The van der Waals surface area contributed by atoms with Crippen molar-refractivity contribution in [3.63, 3.8) is 0 Å². The van der Waals surface area contributed by atoms with E-state index in [1.54, 1.807) is 18.2 Å². The summed E-state index contributed by atoms with van der Waals surface area (Å²) in [6.07, 6.45) is 1.51. The van der Waals surface area contributed by atoms with E-state index in [-0.39, 0.29) is 9.90 Å². The highest BCUT2D eigenvalue weighted by Gasteiger charge is 2.24. The van der Waals surface area contributed by atoms with Crippen LogP contribution in [0.15, 0.2) is 34.7 Å². The maximum atomic E-state index is 12.4. The van der Waals surface area contributed by atoms with Crippen molar-refractivity contribution in [3.8, 4) is 0 Å². The van der Waals surface area contributed by atoms with Gasteiger partial charge in [-0.05, 0) is 19.1 Å². The van der Waals surface area contributed by atoms with Gasteiger partial charge >= 0.3 is 0 Å². The molecule has 8 nitrogen and oxygen atoms in total. The van der Waals surface area contributed by atoms with Crippen LogP contribution in [0, 0.1) is 17.0 Å². The molecule has 0 saturated carbocycles. The summed E-state index contributed by atoms with van der Waals surface area (Å²) in [5.74, 6) is 0. The molecule has 0 saturated heterocycles. The highest BCUT2D eigenvalue weighted by Crippen LogP contribution is 2.33.